The molecule has 2 fully saturated rings. The molecule has 1 aromatic heterocycles. The predicted octanol–water partition coefficient (Wildman–Crippen LogP) is 6.13. The van der Waals surface area contributed by atoms with Crippen LogP contribution in [0, 0.1) is 30.4 Å². The van der Waals surface area contributed by atoms with Crippen LogP contribution < -0.4 is 10.7 Å². The summed E-state index contributed by atoms with van der Waals surface area (Å²) in [7, 11) is 6.22. The number of likely N-dealkylation sites (tertiary alicyclic amines) is 1. The van der Waals surface area contributed by atoms with Crippen LogP contribution in [-0.4, -0.2) is 71.4 Å². The Bertz CT molecular complexity index is 1280. The molecule has 7 nitrogen and oxygen atoms in total. The van der Waals surface area contributed by atoms with E-state index in [1.807, 2.05) is 51.4 Å². The summed E-state index contributed by atoms with van der Waals surface area (Å²) in [6.07, 6.45) is 17.3. The van der Waals surface area contributed by atoms with Crippen molar-refractivity contribution < 1.29 is 13.9 Å². The molecule has 0 radical (unpaired) electrons. The van der Waals surface area contributed by atoms with Crippen LogP contribution in [0.4, 0.5) is 8.78 Å². The van der Waals surface area contributed by atoms with Crippen molar-refractivity contribution in [3.05, 3.63) is 89.3 Å². The van der Waals surface area contributed by atoms with Gasteiger partial charge in [0.05, 0.1) is 18.8 Å². The number of piperidine rings is 1. The van der Waals surface area contributed by atoms with Gasteiger partial charge in [0.25, 0.3) is 0 Å². The summed E-state index contributed by atoms with van der Waals surface area (Å²) < 4.78 is 26.5. The van der Waals surface area contributed by atoms with Gasteiger partial charge in [0, 0.05) is 61.1 Å². The second-order valence-electron chi connectivity index (χ2n) is 11.1. The summed E-state index contributed by atoms with van der Waals surface area (Å²) in [4.78, 5) is 2.50. The van der Waals surface area contributed by atoms with Crippen LogP contribution in [0.3, 0.4) is 0 Å². The Morgan fingerprint density at radius 2 is 1.91 bits per heavy atom. The van der Waals surface area contributed by atoms with E-state index in [4.69, 9.17) is 0 Å². The van der Waals surface area contributed by atoms with Crippen LogP contribution in [0.5, 0.6) is 0 Å². The molecular formula is C35H52F2N6O. The van der Waals surface area contributed by atoms with E-state index in [0.717, 1.165) is 40.5 Å². The number of allylic oxidation sites excluding steroid dienone is 2. The zero-order valence-electron chi connectivity index (χ0n) is 27.5. The standard InChI is InChI=1S/C18H24N4O.C8H16N2.C7H6F2.C2H6/c1-4-16-12-22(3)21-18(16)9-7-14(2)17-10-8-15(13-23)6-5-11-19-20-17;1-9-7-3-6-4-8(7)10(2)5-6;1-5-6(8)3-2-4-7(5)9;1-2/h4-9,12,14,19,23H,1,10-11,13H2,2-3H3;6-9H,3-5H2,1-2H3;2-4H,1H3;1-2H3/b6-5-,9-7-,15-8+,20-17+;;;/t;6-,7?,8-;;/m.1../s1. The third-order valence-corrected chi connectivity index (χ3v) is 8.01. The number of aliphatic hydroxyl groups excluding tert-OH is 1. The Morgan fingerprint density at radius 1 is 1.20 bits per heavy atom. The van der Waals surface area contributed by atoms with Crippen molar-refractivity contribution in [1.29, 1.82) is 0 Å². The van der Waals surface area contributed by atoms with Crippen LogP contribution in [0.15, 0.2) is 66.0 Å². The molecule has 1 saturated carbocycles. The predicted molar refractivity (Wildman–Crippen MR) is 180 cm³/mol. The number of rotatable bonds is 6. The number of benzene rings is 1. The summed E-state index contributed by atoms with van der Waals surface area (Å²) in [5.41, 5.74) is 6.97. The van der Waals surface area contributed by atoms with E-state index in [-0.39, 0.29) is 18.1 Å². The molecule has 2 bridgehead atoms. The smallest absolute Gasteiger partial charge is 0.129 e. The fourth-order valence-electron chi connectivity index (χ4n) is 5.51. The molecule has 5 rings (SSSR count). The van der Waals surface area contributed by atoms with Crippen molar-refractivity contribution in [3.8, 4) is 0 Å². The van der Waals surface area contributed by atoms with E-state index in [1.165, 1.54) is 44.5 Å². The molecule has 4 atom stereocenters. The molecule has 2 aliphatic heterocycles. The number of nitrogens with zero attached hydrogens (tertiary/aromatic N) is 4. The van der Waals surface area contributed by atoms with Crippen LogP contribution in [0.2, 0.25) is 0 Å². The summed E-state index contributed by atoms with van der Waals surface area (Å²) in [5, 5.41) is 21.6. The lowest BCUT2D eigenvalue weighted by Crippen LogP contribution is -2.44. The minimum Gasteiger partial charge on any atom is -0.392 e. The van der Waals surface area contributed by atoms with Crippen LogP contribution in [-0.2, 0) is 7.05 Å². The van der Waals surface area contributed by atoms with Gasteiger partial charge in [0.1, 0.15) is 11.6 Å². The molecule has 1 saturated heterocycles. The normalized spacial score (nSPS) is 24.6. The number of hydrazone groups is 1. The first-order valence-corrected chi connectivity index (χ1v) is 15.5. The van der Waals surface area contributed by atoms with Gasteiger partial charge in [-0.15, -0.1) is 0 Å². The Hall–Kier alpha value is -3.40. The number of nitrogens with one attached hydrogen (secondary N) is 2. The number of likely N-dealkylation sites (N-methyl/N-ethyl adjacent to an activating group) is 2. The fraction of sp³-hybridized carbons (Fsp3) is 0.486. The number of hydrogen-bond acceptors (Lipinski definition) is 6. The van der Waals surface area contributed by atoms with E-state index in [0.29, 0.717) is 13.0 Å². The van der Waals surface area contributed by atoms with Gasteiger partial charge in [-0.1, -0.05) is 63.8 Å². The van der Waals surface area contributed by atoms with Crippen molar-refractivity contribution in [2.45, 2.75) is 59.0 Å². The highest BCUT2D eigenvalue weighted by atomic mass is 19.1. The molecule has 1 aromatic carbocycles. The summed E-state index contributed by atoms with van der Waals surface area (Å²) in [5.74, 6) is 0.175. The molecule has 3 heterocycles. The van der Waals surface area contributed by atoms with Gasteiger partial charge in [-0.25, -0.2) is 8.78 Å². The number of halogens is 2. The number of aliphatic hydroxyl groups is 1. The second kappa shape index (κ2) is 19.1. The summed E-state index contributed by atoms with van der Waals surface area (Å²) in [6, 6.07) is 5.44. The SMILES string of the molecule is C=Cc1cn(C)nc1/C=C\C(C)/C1=N/NC/C=C\C(CO)=C/C1.CC.CNC1C[C@@H]2C[C@H]1N(C)C2.Cc1c(F)cccc1F. The average Bonchev–Trinajstić information content (AvgIpc) is 3.74. The molecular weight excluding hydrogens is 558 g/mol. The maximum Gasteiger partial charge on any atom is 0.129 e. The van der Waals surface area contributed by atoms with Crippen molar-refractivity contribution in [2.24, 2.45) is 24.0 Å². The van der Waals surface area contributed by atoms with Gasteiger partial charge < -0.3 is 20.7 Å². The first-order valence-electron chi connectivity index (χ1n) is 15.5. The van der Waals surface area contributed by atoms with E-state index >= 15 is 0 Å². The molecule has 3 aliphatic rings. The van der Waals surface area contributed by atoms with Gasteiger partial charge in [-0.3, -0.25) is 4.68 Å². The van der Waals surface area contributed by atoms with Gasteiger partial charge in [0.15, 0.2) is 0 Å². The van der Waals surface area contributed by atoms with Crippen molar-refractivity contribution >= 4 is 17.9 Å². The zero-order chi connectivity index (χ0) is 32.6. The Labute approximate surface area is 263 Å². The molecule has 2 unspecified atom stereocenters. The summed E-state index contributed by atoms with van der Waals surface area (Å²) >= 11 is 0. The quantitative estimate of drug-likeness (QED) is 0.367. The molecule has 0 amide bonds. The van der Waals surface area contributed by atoms with Gasteiger partial charge in [-0.2, -0.15) is 10.2 Å². The summed E-state index contributed by atoms with van der Waals surface area (Å²) in [6.45, 7) is 13.4. The average molecular weight is 611 g/mol. The van der Waals surface area contributed by atoms with Crippen LogP contribution >= 0.6 is 0 Å². The van der Waals surface area contributed by atoms with E-state index in [2.05, 4.69) is 59.5 Å². The number of hydrogen-bond donors (Lipinski definition) is 3. The molecule has 1 aliphatic carbocycles. The number of aryl methyl sites for hydroxylation is 1. The van der Waals surface area contributed by atoms with Crippen molar-refractivity contribution in [3.63, 3.8) is 0 Å². The van der Waals surface area contributed by atoms with E-state index in [1.54, 1.807) is 10.8 Å². The zero-order valence-corrected chi connectivity index (χ0v) is 27.5. The highest BCUT2D eigenvalue weighted by molar-refractivity contribution is 5.89. The molecule has 44 heavy (non-hydrogen) atoms. The maximum absolute atomic E-state index is 12.3. The highest BCUT2D eigenvalue weighted by Crippen LogP contribution is 2.36. The maximum atomic E-state index is 12.3. The topological polar surface area (TPSA) is 77.7 Å². The first kappa shape index (κ1) is 36.8. The Kier molecular flexibility index (Phi) is 16.0. The van der Waals surface area contributed by atoms with E-state index in [9.17, 15) is 13.9 Å². The fourth-order valence-corrected chi connectivity index (χ4v) is 5.51. The van der Waals surface area contributed by atoms with Crippen LogP contribution in [0.1, 0.15) is 56.9 Å². The van der Waals surface area contributed by atoms with Gasteiger partial charge in [0.2, 0.25) is 0 Å². The Morgan fingerprint density at radius 3 is 2.45 bits per heavy atom. The monoisotopic (exact) mass is 610 g/mol. The van der Waals surface area contributed by atoms with E-state index < -0.39 is 11.6 Å². The van der Waals surface area contributed by atoms with Crippen molar-refractivity contribution in [2.75, 3.05) is 33.8 Å². The van der Waals surface area contributed by atoms with Gasteiger partial charge in [-0.05, 0) is 63.6 Å². The molecule has 2 aromatic rings. The minimum atomic E-state index is -0.491. The molecule has 3 N–H and O–H groups in total. The molecule has 242 valence electrons. The number of aromatic nitrogens is 2. The highest BCUT2D eigenvalue weighted by Gasteiger charge is 2.42. The van der Waals surface area contributed by atoms with Gasteiger partial charge >= 0.3 is 0 Å². The third-order valence-electron chi connectivity index (χ3n) is 8.01. The third kappa shape index (κ3) is 10.9. The second-order valence-corrected chi connectivity index (χ2v) is 11.1. The first-order chi connectivity index (χ1) is 21.2. The lowest BCUT2D eigenvalue weighted by atomic mass is 10.0. The van der Waals surface area contributed by atoms with Crippen molar-refractivity contribution in [1.82, 2.24) is 25.4 Å². The lowest BCUT2D eigenvalue weighted by Gasteiger charge is -2.29. The molecule has 9 heteroatoms. The largest absolute Gasteiger partial charge is 0.392 e. The van der Waals surface area contributed by atoms with Crippen LogP contribution in [0.25, 0.3) is 12.2 Å². The Balaban J connectivity index is 0.000000262. The molecule has 0 spiro atoms. The number of fused-ring (bicyclic) bond motifs is 2. The minimum absolute atomic E-state index is 0.0463. The lowest BCUT2D eigenvalue weighted by molar-refractivity contribution is 0.217.